The Morgan fingerprint density at radius 2 is 1.85 bits per heavy atom. The summed E-state index contributed by atoms with van der Waals surface area (Å²) in [5, 5.41) is 0.756. The summed E-state index contributed by atoms with van der Waals surface area (Å²) < 4.78 is 1.11. The molecule has 6 heteroatoms. The summed E-state index contributed by atoms with van der Waals surface area (Å²) in [6.07, 6.45) is 2.03. The van der Waals surface area contributed by atoms with Gasteiger partial charge in [0.25, 0.3) is 5.91 Å². The van der Waals surface area contributed by atoms with Gasteiger partial charge < -0.3 is 4.90 Å². The molecule has 26 heavy (non-hydrogen) atoms. The largest absolute Gasteiger partial charge is 0.308 e. The van der Waals surface area contributed by atoms with Gasteiger partial charge in [-0.3, -0.25) is 9.69 Å². The average Bonchev–Trinajstić information content (AvgIpc) is 3.04. The number of nitrogens with zero attached hydrogens (tertiary/aromatic N) is 3. The fourth-order valence-corrected chi connectivity index (χ4v) is 4.11. The van der Waals surface area contributed by atoms with Crippen LogP contribution >= 0.6 is 23.1 Å². The van der Waals surface area contributed by atoms with E-state index in [1.54, 1.807) is 28.0 Å². The molecule has 0 atom stereocenters. The molecule has 0 bridgehead atoms. The molecule has 0 unspecified atom stereocenters. The highest BCUT2D eigenvalue weighted by Gasteiger charge is 2.21. The van der Waals surface area contributed by atoms with Crippen molar-refractivity contribution in [3.63, 3.8) is 0 Å². The Bertz CT molecular complexity index is 903. The zero-order valence-electron chi connectivity index (χ0n) is 15.5. The highest BCUT2D eigenvalue weighted by atomic mass is 32.2. The van der Waals surface area contributed by atoms with Gasteiger partial charge in [-0.1, -0.05) is 17.4 Å². The molecule has 0 saturated carbocycles. The summed E-state index contributed by atoms with van der Waals surface area (Å²) in [5.41, 5.74) is 2.83. The Labute approximate surface area is 162 Å². The number of benzene rings is 2. The van der Waals surface area contributed by atoms with Gasteiger partial charge in [-0.2, -0.15) is 0 Å². The van der Waals surface area contributed by atoms with Crippen molar-refractivity contribution in [2.45, 2.75) is 11.8 Å². The monoisotopic (exact) mass is 385 g/mol. The molecule has 3 aromatic rings. The minimum Gasteiger partial charge on any atom is -0.308 e. The minimum atomic E-state index is -0.00437. The van der Waals surface area contributed by atoms with E-state index in [-0.39, 0.29) is 5.91 Å². The number of thiazole rings is 1. The summed E-state index contributed by atoms with van der Waals surface area (Å²) in [7, 11) is 4.02. The van der Waals surface area contributed by atoms with Gasteiger partial charge in [-0.25, -0.2) is 4.98 Å². The van der Waals surface area contributed by atoms with E-state index in [1.807, 2.05) is 50.7 Å². The lowest BCUT2D eigenvalue weighted by molar-refractivity contribution is 0.0985. The number of aromatic nitrogens is 1. The van der Waals surface area contributed by atoms with Crippen LogP contribution in [-0.2, 0) is 0 Å². The highest BCUT2D eigenvalue weighted by molar-refractivity contribution is 7.98. The first-order valence-electron chi connectivity index (χ1n) is 8.46. The Hall–Kier alpha value is -1.89. The van der Waals surface area contributed by atoms with Crippen LogP contribution in [0.25, 0.3) is 10.2 Å². The number of aryl methyl sites for hydroxylation is 1. The molecule has 4 nitrogen and oxygen atoms in total. The van der Waals surface area contributed by atoms with Crippen LogP contribution in [0.15, 0.2) is 47.4 Å². The molecular weight excluding hydrogens is 362 g/mol. The molecule has 0 spiro atoms. The maximum Gasteiger partial charge on any atom is 0.260 e. The number of thioether (sulfide) groups is 1. The van der Waals surface area contributed by atoms with Gasteiger partial charge in [-0.05, 0) is 69.2 Å². The molecule has 1 amide bonds. The first kappa shape index (κ1) is 18.9. The number of hydrogen-bond acceptors (Lipinski definition) is 5. The number of carbonyl (C=O) groups is 1. The molecule has 0 N–H and O–H groups in total. The van der Waals surface area contributed by atoms with Crippen molar-refractivity contribution in [2.75, 3.05) is 38.3 Å². The fourth-order valence-electron chi connectivity index (χ4n) is 2.61. The zero-order valence-corrected chi connectivity index (χ0v) is 17.2. The van der Waals surface area contributed by atoms with Gasteiger partial charge >= 0.3 is 0 Å². The van der Waals surface area contributed by atoms with Gasteiger partial charge in [0.1, 0.15) is 0 Å². The Morgan fingerprint density at radius 1 is 1.12 bits per heavy atom. The van der Waals surface area contributed by atoms with E-state index < -0.39 is 0 Å². The first-order chi connectivity index (χ1) is 12.5. The second-order valence-corrected chi connectivity index (χ2v) is 8.34. The Kier molecular flexibility index (Phi) is 5.96. The third kappa shape index (κ3) is 4.26. The molecule has 2 aromatic carbocycles. The second kappa shape index (κ2) is 8.20. The lowest BCUT2D eigenvalue weighted by atomic mass is 10.2. The number of anilines is 1. The highest BCUT2D eigenvalue weighted by Crippen LogP contribution is 2.30. The number of likely N-dealkylation sites (N-methyl/N-ethyl adjacent to an activating group) is 1. The van der Waals surface area contributed by atoms with E-state index in [4.69, 9.17) is 4.98 Å². The summed E-state index contributed by atoms with van der Waals surface area (Å²) in [5.74, 6) is -0.00437. The van der Waals surface area contributed by atoms with Gasteiger partial charge in [-0.15, -0.1) is 11.8 Å². The smallest absolute Gasteiger partial charge is 0.260 e. The summed E-state index contributed by atoms with van der Waals surface area (Å²) >= 11 is 3.24. The summed E-state index contributed by atoms with van der Waals surface area (Å²) in [6, 6.07) is 14.0. The minimum absolute atomic E-state index is 0.00437. The van der Waals surface area contributed by atoms with E-state index in [1.165, 1.54) is 5.56 Å². The molecule has 0 aliphatic carbocycles. The van der Waals surface area contributed by atoms with E-state index in [0.717, 1.165) is 26.8 Å². The topological polar surface area (TPSA) is 36.4 Å². The van der Waals surface area contributed by atoms with Crippen molar-refractivity contribution in [1.29, 1.82) is 0 Å². The van der Waals surface area contributed by atoms with Crippen molar-refractivity contribution < 1.29 is 4.79 Å². The summed E-state index contributed by atoms with van der Waals surface area (Å²) in [6.45, 7) is 3.46. The molecule has 0 aliphatic heterocycles. The van der Waals surface area contributed by atoms with Crippen LogP contribution in [-0.4, -0.2) is 49.2 Å². The molecule has 1 aromatic heterocycles. The van der Waals surface area contributed by atoms with Gasteiger partial charge in [0.05, 0.1) is 10.2 Å². The molecule has 0 fully saturated rings. The average molecular weight is 386 g/mol. The predicted molar refractivity (Wildman–Crippen MR) is 113 cm³/mol. The summed E-state index contributed by atoms with van der Waals surface area (Å²) in [4.78, 5) is 22.9. The Balaban J connectivity index is 1.95. The van der Waals surface area contributed by atoms with E-state index in [9.17, 15) is 4.79 Å². The number of rotatable bonds is 6. The van der Waals surface area contributed by atoms with Crippen molar-refractivity contribution in [3.05, 3.63) is 53.6 Å². The number of carbonyl (C=O) groups excluding carboxylic acids is 1. The third-order valence-corrected chi connectivity index (χ3v) is 5.90. The van der Waals surface area contributed by atoms with Crippen LogP contribution < -0.4 is 4.90 Å². The van der Waals surface area contributed by atoms with E-state index >= 15 is 0 Å². The number of fused-ring (bicyclic) bond motifs is 1. The van der Waals surface area contributed by atoms with E-state index in [0.29, 0.717) is 12.1 Å². The van der Waals surface area contributed by atoms with Crippen LogP contribution in [0.5, 0.6) is 0 Å². The maximum absolute atomic E-state index is 13.2. The van der Waals surface area contributed by atoms with Crippen molar-refractivity contribution >= 4 is 44.4 Å². The molecule has 136 valence electrons. The number of hydrogen-bond donors (Lipinski definition) is 0. The Morgan fingerprint density at radius 3 is 2.50 bits per heavy atom. The van der Waals surface area contributed by atoms with Gasteiger partial charge in [0.2, 0.25) is 0 Å². The lowest BCUT2D eigenvalue weighted by Gasteiger charge is -2.22. The quantitative estimate of drug-likeness (QED) is 0.584. The lowest BCUT2D eigenvalue weighted by Crippen LogP contribution is -2.36. The van der Waals surface area contributed by atoms with Crippen molar-refractivity contribution in [3.8, 4) is 0 Å². The maximum atomic E-state index is 13.2. The fraction of sp³-hybridized carbons (Fsp3) is 0.300. The van der Waals surface area contributed by atoms with Crippen LogP contribution in [0.3, 0.4) is 0 Å². The third-order valence-electron chi connectivity index (χ3n) is 4.12. The SMILES string of the molecule is CSc1ccc(C(=O)N(CCN(C)C)c2nc3ccc(C)cc3s2)cc1. The molecule has 1 heterocycles. The van der Waals surface area contributed by atoms with Gasteiger partial charge in [0, 0.05) is 23.5 Å². The van der Waals surface area contributed by atoms with Crippen LogP contribution in [0.4, 0.5) is 5.13 Å². The standard InChI is InChI=1S/C20H23N3OS2/c1-14-5-10-17-18(13-14)26-20(21-17)23(12-11-22(2)3)19(24)15-6-8-16(25-4)9-7-15/h5-10,13H,11-12H2,1-4H3. The van der Waals surface area contributed by atoms with Gasteiger partial charge in [0.15, 0.2) is 5.13 Å². The van der Waals surface area contributed by atoms with Crippen molar-refractivity contribution in [2.24, 2.45) is 0 Å². The van der Waals surface area contributed by atoms with E-state index in [2.05, 4.69) is 24.0 Å². The molecule has 0 aliphatic rings. The molecule has 0 radical (unpaired) electrons. The van der Waals surface area contributed by atoms with Crippen LogP contribution in [0.2, 0.25) is 0 Å². The molecular formula is C20H23N3OS2. The van der Waals surface area contributed by atoms with Crippen molar-refractivity contribution in [1.82, 2.24) is 9.88 Å². The number of amides is 1. The second-order valence-electron chi connectivity index (χ2n) is 6.46. The molecule has 0 saturated heterocycles. The zero-order chi connectivity index (χ0) is 18.7. The normalized spacial score (nSPS) is 11.3. The predicted octanol–water partition coefficient (Wildman–Crippen LogP) is 4.54. The van der Waals surface area contributed by atoms with Crippen LogP contribution in [0.1, 0.15) is 15.9 Å². The van der Waals surface area contributed by atoms with Crippen LogP contribution in [0, 0.1) is 6.92 Å². The molecule has 3 rings (SSSR count). The first-order valence-corrected chi connectivity index (χ1v) is 10.5.